The average Bonchev–Trinajstić information content (AvgIpc) is 1.88. The lowest BCUT2D eigenvalue weighted by Gasteiger charge is -2.08. The van der Waals surface area contributed by atoms with Gasteiger partial charge in [0.15, 0.2) is 0 Å². The predicted octanol–water partition coefficient (Wildman–Crippen LogP) is 0.815. The molecular weight excluding hydrogens is 128 g/mol. The Morgan fingerprint density at radius 1 is 1.80 bits per heavy atom. The lowest BCUT2D eigenvalue weighted by Crippen LogP contribution is -2.31. The van der Waals surface area contributed by atoms with Crippen LogP contribution in [0.25, 0.3) is 0 Å². The monoisotopic (exact) mass is 140 g/mol. The lowest BCUT2D eigenvalue weighted by atomic mass is 10.2. The third-order valence-corrected chi connectivity index (χ3v) is 1.26. The SMILES string of the molecule is CC[C@H](C)NC(=O)CC#N. The first-order valence-corrected chi connectivity index (χ1v) is 3.37. The number of amides is 1. The van der Waals surface area contributed by atoms with Crippen LogP contribution in [0.3, 0.4) is 0 Å². The summed E-state index contributed by atoms with van der Waals surface area (Å²) < 4.78 is 0. The second-order valence-corrected chi connectivity index (χ2v) is 2.21. The highest BCUT2D eigenvalue weighted by Crippen LogP contribution is 1.88. The molecule has 0 radical (unpaired) electrons. The molecular formula is C7H12N2O. The Bertz CT molecular complexity index is 148. The van der Waals surface area contributed by atoms with E-state index in [1.165, 1.54) is 0 Å². The van der Waals surface area contributed by atoms with E-state index in [1.807, 2.05) is 13.8 Å². The molecule has 0 bridgehead atoms. The lowest BCUT2D eigenvalue weighted by molar-refractivity contribution is -0.120. The number of nitriles is 1. The summed E-state index contributed by atoms with van der Waals surface area (Å²) in [6, 6.07) is 1.97. The van der Waals surface area contributed by atoms with Gasteiger partial charge in [-0.2, -0.15) is 5.26 Å². The highest BCUT2D eigenvalue weighted by atomic mass is 16.1. The van der Waals surface area contributed by atoms with Gasteiger partial charge in [-0.3, -0.25) is 4.79 Å². The van der Waals surface area contributed by atoms with E-state index in [4.69, 9.17) is 5.26 Å². The summed E-state index contributed by atoms with van der Waals surface area (Å²) >= 11 is 0. The maximum atomic E-state index is 10.7. The number of hydrogen-bond donors (Lipinski definition) is 1. The van der Waals surface area contributed by atoms with Crippen LogP contribution >= 0.6 is 0 Å². The van der Waals surface area contributed by atoms with Crippen molar-refractivity contribution in [3.8, 4) is 6.07 Å². The van der Waals surface area contributed by atoms with Crippen molar-refractivity contribution >= 4 is 5.91 Å². The zero-order valence-corrected chi connectivity index (χ0v) is 6.35. The van der Waals surface area contributed by atoms with E-state index in [0.29, 0.717) is 0 Å². The summed E-state index contributed by atoms with van der Waals surface area (Å²) in [5.74, 6) is -0.183. The number of nitrogens with zero attached hydrogens (tertiary/aromatic N) is 1. The number of nitrogens with one attached hydrogen (secondary N) is 1. The Balaban J connectivity index is 3.49. The van der Waals surface area contributed by atoms with Crippen molar-refractivity contribution in [3.63, 3.8) is 0 Å². The molecule has 0 aromatic heterocycles. The number of carbonyl (C=O) groups excluding carboxylic acids is 1. The number of hydrogen-bond acceptors (Lipinski definition) is 2. The van der Waals surface area contributed by atoms with Gasteiger partial charge in [0.1, 0.15) is 6.42 Å². The smallest absolute Gasteiger partial charge is 0.234 e. The van der Waals surface area contributed by atoms with Crippen LogP contribution in [0.5, 0.6) is 0 Å². The fraction of sp³-hybridized carbons (Fsp3) is 0.714. The van der Waals surface area contributed by atoms with E-state index in [1.54, 1.807) is 6.07 Å². The standard InChI is InChI=1S/C7H12N2O/c1-3-6(2)9-7(10)4-5-8/h6H,3-4H2,1-2H3,(H,9,10)/t6-/m0/s1. The fourth-order valence-corrected chi connectivity index (χ4v) is 0.500. The molecule has 1 N–H and O–H groups in total. The predicted molar refractivity (Wildman–Crippen MR) is 38.1 cm³/mol. The molecule has 0 aromatic carbocycles. The Morgan fingerprint density at radius 3 is 2.80 bits per heavy atom. The van der Waals surface area contributed by atoms with Crippen molar-refractivity contribution in [3.05, 3.63) is 0 Å². The molecule has 0 unspecified atom stereocenters. The maximum absolute atomic E-state index is 10.7. The first-order valence-electron chi connectivity index (χ1n) is 3.37. The number of carbonyl (C=O) groups is 1. The van der Waals surface area contributed by atoms with Crippen LogP contribution < -0.4 is 5.32 Å². The van der Waals surface area contributed by atoms with Crippen molar-refractivity contribution in [1.29, 1.82) is 5.26 Å². The van der Waals surface area contributed by atoms with Crippen LogP contribution in [0.2, 0.25) is 0 Å². The molecule has 0 rings (SSSR count). The third kappa shape index (κ3) is 3.90. The van der Waals surface area contributed by atoms with Gasteiger partial charge in [0, 0.05) is 6.04 Å². The molecule has 0 saturated heterocycles. The molecule has 3 nitrogen and oxygen atoms in total. The van der Waals surface area contributed by atoms with Crippen molar-refractivity contribution in [2.75, 3.05) is 0 Å². The van der Waals surface area contributed by atoms with E-state index in [9.17, 15) is 4.79 Å². The van der Waals surface area contributed by atoms with Crippen LogP contribution in [-0.4, -0.2) is 11.9 Å². The first kappa shape index (κ1) is 8.96. The van der Waals surface area contributed by atoms with Gasteiger partial charge in [0.05, 0.1) is 6.07 Å². The van der Waals surface area contributed by atoms with Gasteiger partial charge in [-0.15, -0.1) is 0 Å². The fourth-order valence-electron chi connectivity index (χ4n) is 0.500. The summed E-state index contributed by atoms with van der Waals surface area (Å²) in [7, 11) is 0. The molecule has 0 aliphatic rings. The molecule has 1 amide bonds. The van der Waals surface area contributed by atoms with E-state index in [2.05, 4.69) is 5.32 Å². The Labute approximate surface area is 61.0 Å². The van der Waals surface area contributed by atoms with E-state index >= 15 is 0 Å². The topological polar surface area (TPSA) is 52.9 Å². The Kier molecular flexibility index (Phi) is 4.30. The van der Waals surface area contributed by atoms with Crippen LogP contribution in [0.1, 0.15) is 26.7 Å². The third-order valence-electron chi connectivity index (χ3n) is 1.26. The molecule has 3 heteroatoms. The Morgan fingerprint density at radius 2 is 2.40 bits per heavy atom. The van der Waals surface area contributed by atoms with Gasteiger partial charge in [0.25, 0.3) is 0 Å². The Hall–Kier alpha value is -1.04. The summed E-state index contributed by atoms with van der Waals surface area (Å²) in [6.07, 6.45) is 0.863. The maximum Gasteiger partial charge on any atom is 0.234 e. The van der Waals surface area contributed by atoms with E-state index < -0.39 is 0 Å². The van der Waals surface area contributed by atoms with Gasteiger partial charge in [0.2, 0.25) is 5.91 Å². The van der Waals surface area contributed by atoms with Gasteiger partial charge < -0.3 is 5.32 Å². The van der Waals surface area contributed by atoms with Crippen LogP contribution in [0.4, 0.5) is 0 Å². The molecule has 1 atom stereocenters. The van der Waals surface area contributed by atoms with Crippen LogP contribution in [-0.2, 0) is 4.79 Å². The first-order chi connectivity index (χ1) is 4.70. The molecule has 10 heavy (non-hydrogen) atoms. The van der Waals surface area contributed by atoms with Gasteiger partial charge in [-0.1, -0.05) is 6.92 Å². The average molecular weight is 140 g/mol. The molecule has 0 saturated carbocycles. The minimum Gasteiger partial charge on any atom is -0.353 e. The second-order valence-electron chi connectivity index (χ2n) is 2.21. The molecule has 0 fully saturated rings. The second kappa shape index (κ2) is 4.80. The summed E-state index contributed by atoms with van der Waals surface area (Å²) in [6.45, 7) is 3.90. The van der Waals surface area contributed by atoms with Crippen molar-refractivity contribution in [1.82, 2.24) is 5.32 Å². The molecule has 0 aliphatic heterocycles. The van der Waals surface area contributed by atoms with Crippen LogP contribution in [0, 0.1) is 11.3 Å². The van der Waals surface area contributed by atoms with Crippen molar-refractivity contribution in [2.45, 2.75) is 32.7 Å². The molecule has 0 spiro atoms. The van der Waals surface area contributed by atoms with Crippen molar-refractivity contribution < 1.29 is 4.79 Å². The van der Waals surface area contributed by atoms with Crippen LogP contribution in [0.15, 0.2) is 0 Å². The van der Waals surface area contributed by atoms with Gasteiger partial charge >= 0.3 is 0 Å². The molecule has 56 valence electrons. The summed E-state index contributed by atoms with van der Waals surface area (Å²) in [5, 5.41) is 10.8. The van der Waals surface area contributed by atoms with Gasteiger partial charge in [-0.25, -0.2) is 0 Å². The molecule has 0 heterocycles. The minimum atomic E-state index is -0.183. The van der Waals surface area contributed by atoms with E-state index in [-0.39, 0.29) is 18.4 Å². The molecule has 0 aliphatic carbocycles. The van der Waals surface area contributed by atoms with Crippen molar-refractivity contribution in [2.24, 2.45) is 0 Å². The number of rotatable bonds is 3. The molecule has 0 aromatic rings. The zero-order chi connectivity index (χ0) is 7.98. The highest BCUT2D eigenvalue weighted by Gasteiger charge is 2.02. The highest BCUT2D eigenvalue weighted by molar-refractivity contribution is 5.78. The normalized spacial score (nSPS) is 11.7. The minimum absolute atomic E-state index is 0.0374. The summed E-state index contributed by atoms with van der Waals surface area (Å²) in [5.41, 5.74) is 0. The largest absolute Gasteiger partial charge is 0.353 e. The zero-order valence-electron chi connectivity index (χ0n) is 6.35. The van der Waals surface area contributed by atoms with Gasteiger partial charge in [-0.05, 0) is 13.3 Å². The summed E-state index contributed by atoms with van der Waals surface area (Å²) in [4.78, 5) is 10.7. The van der Waals surface area contributed by atoms with E-state index in [0.717, 1.165) is 6.42 Å². The quantitative estimate of drug-likeness (QED) is 0.630.